The SMILES string of the molecule is CCCN1CCN(C(=S)Nc2cc(C)ccc2OC)CC1. The number of ether oxygens (including phenoxy) is 1. The van der Waals surface area contributed by atoms with E-state index < -0.39 is 0 Å². The smallest absolute Gasteiger partial charge is 0.173 e. The van der Waals surface area contributed by atoms with Crippen molar-refractivity contribution in [3.05, 3.63) is 23.8 Å². The van der Waals surface area contributed by atoms with Gasteiger partial charge in [-0.1, -0.05) is 13.0 Å². The van der Waals surface area contributed by atoms with Gasteiger partial charge in [0.15, 0.2) is 5.11 Å². The number of anilines is 1. The molecule has 0 saturated carbocycles. The van der Waals surface area contributed by atoms with Crippen molar-refractivity contribution in [2.75, 3.05) is 45.2 Å². The highest BCUT2D eigenvalue weighted by atomic mass is 32.1. The Bertz CT molecular complexity index is 484. The van der Waals surface area contributed by atoms with Gasteiger partial charge in [0.05, 0.1) is 12.8 Å². The molecular formula is C16H25N3OS. The fourth-order valence-electron chi connectivity index (χ4n) is 2.60. The average molecular weight is 307 g/mol. The molecule has 1 aromatic carbocycles. The third kappa shape index (κ3) is 4.32. The van der Waals surface area contributed by atoms with E-state index >= 15 is 0 Å². The predicted molar refractivity (Wildman–Crippen MR) is 92.3 cm³/mol. The number of nitrogens with one attached hydrogen (secondary N) is 1. The second-order valence-electron chi connectivity index (χ2n) is 5.46. The molecule has 0 amide bonds. The van der Waals surface area contributed by atoms with E-state index in [1.165, 1.54) is 18.5 Å². The van der Waals surface area contributed by atoms with Gasteiger partial charge >= 0.3 is 0 Å². The molecule has 116 valence electrons. The number of methoxy groups -OCH3 is 1. The van der Waals surface area contributed by atoms with Crippen molar-refractivity contribution < 1.29 is 4.74 Å². The van der Waals surface area contributed by atoms with Crippen LogP contribution in [0.3, 0.4) is 0 Å². The van der Waals surface area contributed by atoms with Crippen molar-refractivity contribution in [3.63, 3.8) is 0 Å². The predicted octanol–water partition coefficient (Wildman–Crippen LogP) is 2.73. The lowest BCUT2D eigenvalue weighted by molar-refractivity contribution is 0.184. The molecule has 0 atom stereocenters. The molecule has 0 aromatic heterocycles. The molecule has 0 spiro atoms. The minimum absolute atomic E-state index is 0.787. The van der Waals surface area contributed by atoms with E-state index in [9.17, 15) is 0 Å². The molecule has 0 aliphatic carbocycles. The quantitative estimate of drug-likeness (QED) is 0.864. The summed E-state index contributed by atoms with van der Waals surface area (Å²) < 4.78 is 5.39. The average Bonchev–Trinajstić information content (AvgIpc) is 2.48. The molecule has 1 aliphatic heterocycles. The molecule has 1 aromatic rings. The number of nitrogens with zero attached hydrogens (tertiary/aromatic N) is 2. The maximum Gasteiger partial charge on any atom is 0.173 e. The van der Waals surface area contributed by atoms with E-state index in [4.69, 9.17) is 17.0 Å². The standard InChI is InChI=1S/C16H25N3OS/c1-4-7-18-8-10-19(11-9-18)16(21)17-14-12-13(2)5-6-15(14)20-3/h5-6,12H,4,7-11H2,1-3H3,(H,17,21). The largest absolute Gasteiger partial charge is 0.495 e. The lowest BCUT2D eigenvalue weighted by Gasteiger charge is -2.36. The van der Waals surface area contributed by atoms with Crippen molar-refractivity contribution in [1.29, 1.82) is 0 Å². The molecule has 4 nitrogen and oxygen atoms in total. The molecule has 1 fully saturated rings. The summed E-state index contributed by atoms with van der Waals surface area (Å²) in [6.07, 6.45) is 1.21. The van der Waals surface area contributed by atoms with E-state index in [0.717, 1.165) is 42.7 Å². The number of hydrogen-bond donors (Lipinski definition) is 1. The van der Waals surface area contributed by atoms with Crippen LogP contribution in [-0.4, -0.2) is 54.7 Å². The van der Waals surface area contributed by atoms with Crippen LogP contribution in [0.5, 0.6) is 5.75 Å². The van der Waals surface area contributed by atoms with Crippen LogP contribution < -0.4 is 10.1 Å². The van der Waals surface area contributed by atoms with Gasteiger partial charge < -0.3 is 15.0 Å². The Morgan fingerprint density at radius 3 is 2.62 bits per heavy atom. The second-order valence-corrected chi connectivity index (χ2v) is 5.85. The minimum Gasteiger partial charge on any atom is -0.495 e. The molecule has 0 radical (unpaired) electrons. The lowest BCUT2D eigenvalue weighted by Crippen LogP contribution is -2.50. The number of thiocarbonyl (C=S) groups is 1. The van der Waals surface area contributed by atoms with E-state index in [1.807, 2.05) is 12.1 Å². The summed E-state index contributed by atoms with van der Waals surface area (Å²) in [5.74, 6) is 0.826. The van der Waals surface area contributed by atoms with E-state index in [0.29, 0.717) is 0 Å². The van der Waals surface area contributed by atoms with Crippen molar-refractivity contribution in [2.24, 2.45) is 0 Å². The summed E-state index contributed by atoms with van der Waals surface area (Å²) in [6.45, 7) is 9.61. The van der Waals surface area contributed by atoms with Crippen molar-refractivity contribution >= 4 is 23.0 Å². The number of benzene rings is 1. The summed E-state index contributed by atoms with van der Waals surface area (Å²) in [5, 5.41) is 4.12. The zero-order valence-electron chi connectivity index (χ0n) is 13.2. The Morgan fingerprint density at radius 1 is 1.29 bits per heavy atom. The fraction of sp³-hybridized carbons (Fsp3) is 0.562. The number of hydrogen-bond acceptors (Lipinski definition) is 3. The van der Waals surface area contributed by atoms with Crippen LogP contribution in [0.2, 0.25) is 0 Å². The first-order valence-electron chi connectivity index (χ1n) is 7.57. The van der Waals surface area contributed by atoms with Gasteiger partial charge in [0.25, 0.3) is 0 Å². The summed E-state index contributed by atoms with van der Waals surface area (Å²) >= 11 is 5.55. The molecule has 21 heavy (non-hydrogen) atoms. The zero-order chi connectivity index (χ0) is 15.2. The van der Waals surface area contributed by atoms with Crippen molar-refractivity contribution in [3.8, 4) is 5.75 Å². The van der Waals surface area contributed by atoms with Gasteiger partial charge in [-0.2, -0.15) is 0 Å². The topological polar surface area (TPSA) is 27.7 Å². The Kier molecular flexibility index (Phi) is 5.82. The van der Waals surface area contributed by atoms with Gasteiger partial charge in [-0.15, -0.1) is 0 Å². The summed E-state index contributed by atoms with van der Waals surface area (Å²) in [4.78, 5) is 4.73. The Labute approximate surface area is 133 Å². The van der Waals surface area contributed by atoms with Crippen LogP contribution in [0.25, 0.3) is 0 Å². The highest BCUT2D eigenvalue weighted by Crippen LogP contribution is 2.25. The number of piperazine rings is 1. The summed E-state index contributed by atoms with van der Waals surface area (Å²) in [6, 6.07) is 6.08. The molecule has 1 aliphatic rings. The molecular weight excluding hydrogens is 282 g/mol. The van der Waals surface area contributed by atoms with Crippen molar-refractivity contribution in [2.45, 2.75) is 20.3 Å². The van der Waals surface area contributed by atoms with Crippen LogP contribution in [0.4, 0.5) is 5.69 Å². The minimum atomic E-state index is 0.787. The van der Waals surface area contributed by atoms with E-state index in [1.54, 1.807) is 7.11 Å². The molecule has 0 bridgehead atoms. The van der Waals surface area contributed by atoms with Crippen LogP contribution >= 0.6 is 12.2 Å². The first kappa shape index (κ1) is 16.0. The van der Waals surface area contributed by atoms with Gasteiger partial charge in [0, 0.05) is 26.2 Å². The van der Waals surface area contributed by atoms with Gasteiger partial charge in [-0.05, 0) is 49.8 Å². The third-order valence-corrected chi connectivity index (χ3v) is 4.16. The van der Waals surface area contributed by atoms with Gasteiger partial charge in [-0.25, -0.2) is 0 Å². The van der Waals surface area contributed by atoms with E-state index in [2.05, 4.69) is 35.0 Å². The Balaban J connectivity index is 1.95. The van der Waals surface area contributed by atoms with Crippen LogP contribution in [0.1, 0.15) is 18.9 Å². The monoisotopic (exact) mass is 307 g/mol. The van der Waals surface area contributed by atoms with Crippen LogP contribution in [0, 0.1) is 6.92 Å². The van der Waals surface area contributed by atoms with Crippen LogP contribution in [-0.2, 0) is 0 Å². The van der Waals surface area contributed by atoms with Gasteiger partial charge in [0.1, 0.15) is 5.75 Å². The molecule has 1 heterocycles. The van der Waals surface area contributed by atoms with Gasteiger partial charge in [0.2, 0.25) is 0 Å². The van der Waals surface area contributed by atoms with Gasteiger partial charge in [-0.3, -0.25) is 4.90 Å². The highest BCUT2D eigenvalue weighted by molar-refractivity contribution is 7.80. The molecule has 1 saturated heterocycles. The lowest BCUT2D eigenvalue weighted by atomic mass is 10.2. The van der Waals surface area contributed by atoms with Crippen LogP contribution in [0.15, 0.2) is 18.2 Å². The first-order chi connectivity index (χ1) is 10.1. The molecule has 0 unspecified atom stereocenters. The molecule has 1 N–H and O–H groups in total. The first-order valence-corrected chi connectivity index (χ1v) is 7.97. The maximum atomic E-state index is 5.55. The second kappa shape index (κ2) is 7.61. The fourth-order valence-corrected chi connectivity index (χ4v) is 2.90. The number of rotatable bonds is 4. The highest BCUT2D eigenvalue weighted by Gasteiger charge is 2.18. The molecule has 2 rings (SSSR count). The Morgan fingerprint density at radius 2 is 2.00 bits per heavy atom. The molecule has 5 heteroatoms. The maximum absolute atomic E-state index is 5.55. The van der Waals surface area contributed by atoms with Crippen molar-refractivity contribution in [1.82, 2.24) is 9.80 Å². The summed E-state index contributed by atoms with van der Waals surface area (Å²) in [7, 11) is 1.68. The summed E-state index contributed by atoms with van der Waals surface area (Å²) in [5.41, 5.74) is 2.13. The Hall–Kier alpha value is -1.33. The number of aryl methyl sites for hydroxylation is 1. The third-order valence-electron chi connectivity index (χ3n) is 3.80. The van der Waals surface area contributed by atoms with E-state index in [-0.39, 0.29) is 0 Å². The normalized spacial score (nSPS) is 15.9. The zero-order valence-corrected chi connectivity index (χ0v) is 14.0.